The van der Waals surface area contributed by atoms with Gasteiger partial charge in [0.2, 0.25) is 0 Å². The average molecular weight is 288 g/mol. The quantitative estimate of drug-likeness (QED) is 0.871. The van der Waals surface area contributed by atoms with Gasteiger partial charge in [0.1, 0.15) is 0 Å². The van der Waals surface area contributed by atoms with Gasteiger partial charge in [-0.05, 0) is 65.3 Å². The predicted octanol–water partition coefficient (Wildman–Crippen LogP) is 3.86. The van der Waals surface area contributed by atoms with Crippen LogP contribution in [0.5, 0.6) is 0 Å². The van der Waals surface area contributed by atoms with Crippen molar-refractivity contribution in [1.29, 1.82) is 0 Å². The molecule has 0 spiro atoms. The third-order valence-electron chi connectivity index (χ3n) is 3.34. The molecule has 0 bridgehead atoms. The van der Waals surface area contributed by atoms with E-state index in [1.165, 1.54) is 23.3 Å². The summed E-state index contributed by atoms with van der Waals surface area (Å²) in [7, 11) is 0. The fraction of sp³-hybridized carbons (Fsp3) is 0.667. The second-order valence-electron chi connectivity index (χ2n) is 4.65. The van der Waals surface area contributed by atoms with Crippen molar-refractivity contribution in [2.45, 2.75) is 26.2 Å². The van der Waals surface area contributed by atoms with E-state index in [1.807, 2.05) is 11.3 Å². The number of nitrogens with one attached hydrogen (secondary N) is 1. The Morgan fingerprint density at radius 3 is 2.87 bits per heavy atom. The molecule has 1 aromatic rings. The van der Waals surface area contributed by atoms with Crippen molar-refractivity contribution >= 4 is 27.3 Å². The molecular weight excluding hydrogens is 270 g/mol. The first-order valence-electron chi connectivity index (χ1n) is 5.64. The minimum absolute atomic E-state index is 0.766. The molecule has 1 aromatic heterocycles. The first-order chi connectivity index (χ1) is 7.18. The van der Waals surface area contributed by atoms with Gasteiger partial charge in [0.05, 0.1) is 3.79 Å². The van der Waals surface area contributed by atoms with Crippen LogP contribution >= 0.6 is 27.3 Å². The lowest BCUT2D eigenvalue weighted by atomic mass is 9.78. The normalized spacial score (nSPS) is 27.2. The van der Waals surface area contributed by atoms with Gasteiger partial charge < -0.3 is 5.32 Å². The van der Waals surface area contributed by atoms with Crippen LogP contribution in [0.25, 0.3) is 0 Å². The highest BCUT2D eigenvalue weighted by Crippen LogP contribution is 2.39. The summed E-state index contributed by atoms with van der Waals surface area (Å²) in [5.74, 6) is 2.33. The van der Waals surface area contributed by atoms with Crippen molar-refractivity contribution in [1.82, 2.24) is 5.32 Å². The van der Waals surface area contributed by atoms with Gasteiger partial charge in [0, 0.05) is 4.88 Å². The third-order valence-corrected chi connectivity index (χ3v) is 5.10. The summed E-state index contributed by atoms with van der Waals surface area (Å²) >= 11 is 5.46. The van der Waals surface area contributed by atoms with E-state index in [0.29, 0.717) is 0 Å². The van der Waals surface area contributed by atoms with Crippen LogP contribution in [0.2, 0.25) is 0 Å². The van der Waals surface area contributed by atoms with Crippen LogP contribution in [0.1, 0.15) is 31.1 Å². The molecule has 0 aromatic carbocycles. The molecule has 0 saturated carbocycles. The molecule has 1 nitrogen and oxygen atoms in total. The first kappa shape index (κ1) is 11.6. The van der Waals surface area contributed by atoms with Crippen LogP contribution in [-0.4, -0.2) is 13.1 Å². The van der Waals surface area contributed by atoms with E-state index in [-0.39, 0.29) is 0 Å². The summed E-state index contributed by atoms with van der Waals surface area (Å²) in [6.45, 7) is 7.03. The largest absolute Gasteiger partial charge is 0.316 e. The summed E-state index contributed by atoms with van der Waals surface area (Å²) in [5.41, 5.74) is 0. The van der Waals surface area contributed by atoms with Gasteiger partial charge >= 0.3 is 0 Å². The number of hydrogen-bond acceptors (Lipinski definition) is 2. The Labute approximate surface area is 104 Å². The first-order valence-corrected chi connectivity index (χ1v) is 7.25. The van der Waals surface area contributed by atoms with Crippen LogP contribution in [0.3, 0.4) is 0 Å². The number of hydrogen-bond donors (Lipinski definition) is 1. The van der Waals surface area contributed by atoms with Crippen LogP contribution in [0, 0.1) is 11.8 Å². The maximum Gasteiger partial charge on any atom is 0.0701 e. The molecule has 84 valence electrons. The third kappa shape index (κ3) is 2.63. The molecule has 2 heterocycles. The van der Waals surface area contributed by atoms with E-state index in [9.17, 15) is 0 Å². The van der Waals surface area contributed by atoms with E-state index in [2.05, 4.69) is 47.2 Å². The van der Waals surface area contributed by atoms with Crippen molar-refractivity contribution in [2.75, 3.05) is 13.1 Å². The predicted molar refractivity (Wildman–Crippen MR) is 70.6 cm³/mol. The SMILES string of the molecule is CC(C)C1CNCCC1c1ccc(Br)s1. The zero-order valence-electron chi connectivity index (χ0n) is 9.29. The Morgan fingerprint density at radius 1 is 1.47 bits per heavy atom. The Balaban J connectivity index is 2.17. The summed E-state index contributed by atoms with van der Waals surface area (Å²) in [4.78, 5) is 1.56. The highest BCUT2D eigenvalue weighted by Gasteiger charge is 2.29. The Morgan fingerprint density at radius 2 is 2.27 bits per heavy atom. The van der Waals surface area contributed by atoms with Gasteiger partial charge in [0.25, 0.3) is 0 Å². The molecule has 1 N–H and O–H groups in total. The Bertz CT molecular complexity index is 321. The fourth-order valence-electron chi connectivity index (χ4n) is 2.46. The number of piperidine rings is 1. The number of rotatable bonds is 2. The summed E-state index contributed by atoms with van der Waals surface area (Å²) in [6.07, 6.45) is 1.29. The van der Waals surface area contributed by atoms with Crippen molar-refractivity contribution < 1.29 is 0 Å². The maximum absolute atomic E-state index is 3.56. The van der Waals surface area contributed by atoms with Crippen molar-refractivity contribution in [3.8, 4) is 0 Å². The molecule has 15 heavy (non-hydrogen) atoms. The molecular formula is C12H18BrNS. The lowest BCUT2D eigenvalue weighted by Crippen LogP contribution is -2.37. The second-order valence-corrected chi connectivity index (χ2v) is 7.14. The van der Waals surface area contributed by atoms with E-state index >= 15 is 0 Å². The van der Waals surface area contributed by atoms with Crippen LogP contribution < -0.4 is 5.32 Å². The molecule has 3 heteroatoms. The van der Waals surface area contributed by atoms with E-state index in [0.717, 1.165) is 17.8 Å². The highest BCUT2D eigenvalue weighted by molar-refractivity contribution is 9.11. The monoisotopic (exact) mass is 287 g/mol. The average Bonchev–Trinajstić information content (AvgIpc) is 2.65. The molecule has 0 aliphatic carbocycles. The Hall–Kier alpha value is 0.140. The zero-order valence-corrected chi connectivity index (χ0v) is 11.7. The van der Waals surface area contributed by atoms with Gasteiger partial charge in [-0.15, -0.1) is 11.3 Å². The van der Waals surface area contributed by atoms with E-state index in [4.69, 9.17) is 0 Å². The topological polar surface area (TPSA) is 12.0 Å². The van der Waals surface area contributed by atoms with Gasteiger partial charge in [-0.3, -0.25) is 0 Å². The Kier molecular flexibility index (Phi) is 3.86. The maximum atomic E-state index is 3.56. The molecule has 2 atom stereocenters. The molecule has 1 aliphatic heterocycles. The number of halogens is 1. The molecule has 2 unspecified atom stereocenters. The molecule has 1 aliphatic rings. The standard InChI is InChI=1S/C12H18BrNS/c1-8(2)10-7-14-6-5-9(10)11-3-4-12(13)15-11/h3-4,8-10,14H,5-7H2,1-2H3. The van der Waals surface area contributed by atoms with Gasteiger partial charge in [-0.2, -0.15) is 0 Å². The fourth-order valence-corrected chi connectivity index (χ4v) is 4.10. The van der Waals surface area contributed by atoms with Crippen LogP contribution in [-0.2, 0) is 0 Å². The lowest BCUT2D eigenvalue weighted by Gasteiger charge is -2.34. The van der Waals surface area contributed by atoms with Crippen LogP contribution in [0.4, 0.5) is 0 Å². The van der Waals surface area contributed by atoms with E-state index < -0.39 is 0 Å². The van der Waals surface area contributed by atoms with Crippen molar-refractivity contribution in [3.63, 3.8) is 0 Å². The molecule has 2 rings (SSSR count). The minimum Gasteiger partial charge on any atom is -0.316 e. The molecule has 1 saturated heterocycles. The van der Waals surface area contributed by atoms with Gasteiger partial charge in [-0.25, -0.2) is 0 Å². The zero-order chi connectivity index (χ0) is 10.8. The van der Waals surface area contributed by atoms with E-state index in [1.54, 1.807) is 4.88 Å². The van der Waals surface area contributed by atoms with Gasteiger partial charge in [-0.1, -0.05) is 13.8 Å². The minimum atomic E-state index is 0.766. The molecule has 1 fully saturated rings. The summed E-state index contributed by atoms with van der Waals surface area (Å²) in [6, 6.07) is 4.47. The second kappa shape index (κ2) is 4.98. The van der Waals surface area contributed by atoms with Crippen molar-refractivity contribution in [3.05, 3.63) is 20.8 Å². The smallest absolute Gasteiger partial charge is 0.0701 e. The van der Waals surface area contributed by atoms with Crippen molar-refractivity contribution in [2.24, 2.45) is 11.8 Å². The van der Waals surface area contributed by atoms with Gasteiger partial charge in [0.15, 0.2) is 0 Å². The summed E-state index contributed by atoms with van der Waals surface area (Å²) < 4.78 is 1.26. The van der Waals surface area contributed by atoms with Crippen LogP contribution in [0.15, 0.2) is 15.9 Å². The summed E-state index contributed by atoms with van der Waals surface area (Å²) in [5, 5.41) is 3.52. The molecule has 0 amide bonds. The lowest BCUT2D eigenvalue weighted by molar-refractivity contribution is 0.258. The molecule has 0 radical (unpaired) electrons. The highest BCUT2D eigenvalue weighted by atomic mass is 79.9. The number of thiophene rings is 1.